The summed E-state index contributed by atoms with van der Waals surface area (Å²) < 4.78 is 29.2. The van der Waals surface area contributed by atoms with Crippen molar-refractivity contribution in [3.63, 3.8) is 0 Å². The molecule has 0 radical (unpaired) electrons. The van der Waals surface area contributed by atoms with Gasteiger partial charge in [0.2, 0.25) is 0 Å². The Morgan fingerprint density at radius 1 is 0.167 bits per heavy atom. The molecule has 0 rings (SSSR count). The second-order valence-corrected chi connectivity index (χ2v) is 28.0. The molecule has 0 aliphatic carbocycles. The summed E-state index contributed by atoms with van der Waals surface area (Å²) in [6.45, 7) is 24.5. The van der Waals surface area contributed by atoms with Gasteiger partial charge >= 0.3 is 35.8 Å². The zero-order valence-corrected chi connectivity index (χ0v) is 68.5. The van der Waals surface area contributed by atoms with Gasteiger partial charge < -0.3 is 59.1 Å². The fourth-order valence-electron chi connectivity index (χ4n) is 10.2. The van der Waals surface area contributed by atoms with E-state index in [1.54, 1.807) is 0 Å². The number of hydrogen-bond donors (Lipinski definition) is 6. The zero-order valence-electron chi connectivity index (χ0n) is 68.5. The maximum Gasteiger partial charge on any atom is 0.334 e. The molecule has 0 aromatic heterocycles. The molecule has 6 N–H and O–H groups in total. The number of aliphatic hydroxyl groups is 6. The van der Waals surface area contributed by atoms with Crippen LogP contribution in [0.25, 0.3) is 0 Å². The highest BCUT2D eigenvalue weighted by atomic mass is 16.6. The highest BCUT2D eigenvalue weighted by Gasteiger charge is 2.13. The average molecular weight is 1470 g/mol. The number of carbonyl (C=O) groups is 6. The topological polar surface area (TPSA) is 279 Å². The van der Waals surface area contributed by atoms with Crippen LogP contribution >= 0.6 is 0 Å². The molecule has 18 heteroatoms. The van der Waals surface area contributed by atoms with Crippen LogP contribution in [0.15, 0.2) is 0 Å². The lowest BCUT2D eigenvalue weighted by molar-refractivity contribution is -0.153. The normalized spacial score (nSPS) is 12.4. The zero-order chi connectivity index (χ0) is 77.6. The predicted molar refractivity (Wildman–Crippen MR) is 419 cm³/mol. The molecule has 0 saturated heterocycles. The summed E-state index contributed by atoms with van der Waals surface area (Å²) in [7, 11) is 0. The van der Waals surface area contributed by atoms with E-state index in [4.69, 9.17) is 59.1 Å². The third kappa shape index (κ3) is 103. The minimum atomic E-state index is -0.994. The van der Waals surface area contributed by atoms with Crippen LogP contribution in [0.4, 0.5) is 0 Å². The molecule has 612 valence electrons. The van der Waals surface area contributed by atoms with Crippen LogP contribution in [-0.2, 0) is 57.2 Å². The molecular weight excluding hydrogens is 1300 g/mol. The van der Waals surface area contributed by atoms with Crippen molar-refractivity contribution in [2.75, 3.05) is 39.6 Å². The average Bonchev–Trinajstić information content (AvgIpc) is 2.21. The number of carbonyl (C=O) groups excluding carboxylic acids is 6. The van der Waals surface area contributed by atoms with Crippen molar-refractivity contribution in [1.29, 1.82) is 0 Å². The fraction of sp³-hybridized carbons (Fsp3) is 0.929. The lowest BCUT2D eigenvalue weighted by Gasteiger charge is -2.06. The van der Waals surface area contributed by atoms with Crippen molar-refractivity contribution in [2.24, 2.45) is 0 Å². The van der Waals surface area contributed by atoms with Crippen LogP contribution in [0.5, 0.6) is 0 Å². The highest BCUT2D eigenvalue weighted by Crippen LogP contribution is 2.16. The van der Waals surface area contributed by atoms with Gasteiger partial charge in [-0.1, -0.05) is 350 Å². The molecule has 0 amide bonds. The van der Waals surface area contributed by atoms with Crippen LogP contribution in [-0.4, -0.2) is 143 Å². The van der Waals surface area contributed by atoms with Gasteiger partial charge in [0.15, 0.2) is 0 Å². The van der Waals surface area contributed by atoms with Gasteiger partial charge in [0, 0.05) is 0 Å². The second-order valence-electron chi connectivity index (χ2n) is 28.0. The predicted octanol–water partition coefficient (Wildman–Crippen LogP) is 20.6. The number of unbranched alkanes of at least 4 members (excludes halogenated alkanes) is 48. The van der Waals surface area contributed by atoms with E-state index in [1.165, 1.54) is 311 Å². The Morgan fingerprint density at radius 3 is 0.333 bits per heavy atom. The third-order valence-electron chi connectivity index (χ3n) is 17.0. The number of aliphatic hydroxyl groups excluding tert-OH is 6. The summed E-state index contributed by atoms with van der Waals surface area (Å²) in [5.74, 6) is -3.07. The molecule has 0 fully saturated rings. The van der Waals surface area contributed by atoms with Crippen molar-refractivity contribution < 1.29 is 87.8 Å². The first kappa shape index (κ1) is 110. The van der Waals surface area contributed by atoms with E-state index in [2.05, 4.69) is 41.5 Å². The van der Waals surface area contributed by atoms with Gasteiger partial charge in [-0.05, 0) is 80.1 Å². The van der Waals surface area contributed by atoms with Crippen LogP contribution in [0.2, 0.25) is 0 Å². The van der Waals surface area contributed by atoms with Gasteiger partial charge in [-0.15, -0.1) is 0 Å². The molecule has 102 heavy (non-hydrogen) atoms. The Bertz CT molecular complexity index is 1690. The second kappa shape index (κ2) is 93.7. The highest BCUT2D eigenvalue weighted by molar-refractivity contribution is 5.75. The Labute approximate surface area is 626 Å². The van der Waals surface area contributed by atoms with Crippen molar-refractivity contribution in [1.82, 2.24) is 0 Å². The maximum absolute atomic E-state index is 11.0. The molecule has 0 aromatic rings. The van der Waals surface area contributed by atoms with Gasteiger partial charge in [0.1, 0.15) is 36.6 Å². The molecule has 0 aromatic carbocycles. The first-order valence-corrected chi connectivity index (χ1v) is 42.2. The Hall–Kier alpha value is -3.42. The summed E-state index contributed by atoms with van der Waals surface area (Å²) in [5.41, 5.74) is 0. The standard InChI is InChI=1S/C19H38O3.C17H34O3.C15H30O3.C13H26O3.C11H22O3.C9H18O3/c1-3-4-5-6-7-8-9-10-11-12-13-14-15-16-17-22-19(21)18(2)20;1-3-4-5-6-7-8-9-10-11-12-13-14-15-20-17(19)16(2)18;1-3-4-5-6-7-8-9-10-11-12-13-18-15(17)14(2)16;1-3-4-5-6-7-8-9-10-11-16-13(15)12(2)14;1-3-4-5-6-7-8-9-14-11(13)10(2)12;1-3-4-5-6-7-12-9(11)8(2)10/h18,20H,3-17H2,1-2H3;16,18H,3-15H2,1-2H3;14,16H,3-13H2,1-2H3;12,14H,3-11H2,1-2H3;10,12H,3-9H2,1-2H3;8,10H,3-7H2,1-2H3. The van der Waals surface area contributed by atoms with Crippen LogP contribution in [0.1, 0.15) is 430 Å². The lowest BCUT2D eigenvalue weighted by Crippen LogP contribution is -2.19. The molecule has 0 saturated carbocycles. The first-order chi connectivity index (χ1) is 49.1. The van der Waals surface area contributed by atoms with Crippen molar-refractivity contribution in [3.8, 4) is 0 Å². The van der Waals surface area contributed by atoms with E-state index < -0.39 is 72.4 Å². The Morgan fingerprint density at radius 2 is 0.245 bits per heavy atom. The van der Waals surface area contributed by atoms with Crippen molar-refractivity contribution in [3.05, 3.63) is 0 Å². The largest absolute Gasteiger partial charge is 0.464 e. The van der Waals surface area contributed by atoms with E-state index in [0.29, 0.717) is 39.6 Å². The Kier molecular flexibility index (Phi) is 101. The van der Waals surface area contributed by atoms with Crippen LogP contribution in [0.3, 0.4) is 0 Å². The van der Waals surface area contributed by atoms with Gasteiger partial charge in [-0.3, -0.25) is 0 Å². The summed E-state index contributed by atoms with van der Waals surface area (Å²) in [5, 5.41) is 53.2. The van der Waals surface area contributed by atoms with Gasteiger partial charge in [-0.25, -0.2) is 28.8 Å². The minimum absolute atomic E-state index is 0.434. The van der Waals surface area contributed by atoms with Crippen molar-refractivity contribution >= 4 is 35.8 Å². The molecule has 0 bridgehead atoms. The van der Waals surface area contributed by atoms with E-state index in [9.17, 15) is 28.8 Å². The van der Waals surface area contributed by atoms with Gasteiger partial charge in [-0.2, -0.15) is 0 Å². The summed E-state index contributed by atoms with van der Waals surface area (Å²) in [6, 6.07) is 0. The molecule has 6 unspecified atom stereocenters. The molecule has 0 aliphatic rings. The molecule has 0 spiro atoms. The molecule has 18 nitrogen and oxygen atoms in total. The molecule has 6 atom stereocenters. The van der Waals surface area contributed by atoms with E-state index in [1.807, 2.05) is 0 Å². The number of esters is 6. The molecular formula is C84H168O18. The summed E-state index contributed by atoms with van der Waals surface area (Å²) in [6.07, 6.45) is 61.9. The molecule has 0 aliphatic heterocycles. The van der Waals surface area contributed by atoms with Crippen molar-refractivity contribution in [2.45, 2.75) is 466 Å². The minimum Gasteiger partial charge on any atom is -0.464 e. The van der Waals surface area contributed by atoms with E-state index in [0.717, 1.165) is 77.0 Å². The lowest BCUT2D eigenvalue weighted by atomic mass is 10.0. The number of hydrogen-bond acceptors (Lipinski definition) is 18. The summed E-state index contributed by atoms with van der Waals surface area (Å²) >= 11 is 0. The maximum atomic E-state index is 11.0. The molecule has 0 heterocycles. The smallest absolute Gasteiger partial charge is 0.334 e. The fourth-order valence-corrected chi connectivity index (χ4v) is 10.2. The third-order valence-corrected chi connectivity index (χ3v) is 17.0. The summed E-state index contributed by atoms with van der Waals surface area (Å²) in [4.78, 5) is 65.3. The van der Waals surface area contributed by atoms with E-state index in [-0.39, 0.29) is 0 Å². The Balaban J connectivity index is -0.000000274. The van der Waals surface area contributed by atoms with Gasteiger partial charge in [0.05, 0.1) is 39.6 Å². The SMILES string of the molecule is CCCCCCCCCCCCCCCCOC(=O)C(C)O.CCCCCCCCCCCCCCOC(=O)C(C)O.CCCCCCCCCCCCOC(=O)C(C)O.CCCCCCCCCCOC(=O)C(C)O.CCCCCCCCOC(=O)C(C)O.CCCCCCOC(=O)C(C)O. The number of ether oxygens (including phenoxy) is 6. The quantitative estimate of drug-likeness (QED) is 0.0187. The monoisotopic (exact) mass is 1470 g/mol. The van der Waals surface area contributed by atoms with Crippen LogP contribution in [0, 0.1) is 0 Å². The van der Waals surface area contributed by atoms with Crippen LogP contribution < -0.4 is 0 Å². The number of rotatable bonds is 66. The first-order valence-electron chi connectivity index (χ1n) is 42.2. The van der Waals surface area contributed by atoms with Gasteiger partial charge in [0.25, 0.3) is 0 Å². The van der Waals surface area contributed by atoms with E-state index >= 15 is 0 Å².